The van der Waals surface area contributed by atoms with Crippen LogP contribution in [-0.2, 0) is 20.9 Å². The van der Waals surface area contributed by atoms with Gasteiger partial charge in [-0.15, -0.1) is 0 Å². The molecule has 0 bridgehead atoms. The van der Waals surface area contributed by atoms with Crippen molar-refractivity contribution in [2.45, 2.75) is 95.5 Å². The van der Waals surface area contributed by atoms with Crippen LogP contribution in [0.4, 0.5) is 11.5 Å². The molecule has 0 spiro atoms. The third-order valence-electron chi connectivity index (χ3n) is 14.2. The summed E-state index contributed by atoms with van der Waals surface area (Å²) in [7, 11) is 0. The number of likely N-dealkylation sites (tertiary alicyclic amines) is 1. The number of nitrogens with one attached hydrogen (secondary N) is 1. The Morgan fingerprint density at radius 2 is 1.63 bits per heavy atom. The predicted molar refractivity (Wildman–Crippen MR) is 233 cm³/mol. The zero-order valence-electron chi connectivity index (χ0n) is 35.9. The highest BCUT2D eigenvalue weighted by atomic mass is 16.5. The van der Waals surface area contributed by atoms with Crippen LogP contribution in [0.5, 0.6) is 5.75 Å². The molecule has 5 fully saturated rings. The van der Waals surface area contributed by atoms with Crippen LogP contribution in [0.15, 0.2) is 53.8 Å². The van der Waals surface area contributed by atoms with Crippen molar-refractivity contribution in [3.63, 3.8) is 0 Å². The molecule has 1 aromatic heterocycles. The highest BCUT2D eigenvalue weighted by Crippen LogP contribution is 2.40. The Labute approximate surface area is 362 Å². The number of benzene rings is 2. The first-order valence-electron chi connectivity index (χ1n) is 22.7. The van der Waals surface area contributed by atoms with E-state index in [0.717, 1.165) is 143 Å². The van der Waals surface area contributed by atoms with Crippen LogP contribution in [0.1, 0.15) is 103 Å². The fourth-order valence-electron chi connectivity index (χ4n) is 10.2. The smallest absolute Gasteiger partial charge is 0.262 e. The van der Waals surface area contributed by atoms with Gasteiger partial charge in [0.05, 0.1) is 41.8 Å². The van der Waals surface area contributed by atoms with Gasteiger partial charge in [-0.1, -0.05) is 6.07 Å². The second-order valence-corrected chi connectivity index (χ2v) is 18.6. The Balaban J connectivity index is 0.639. The first kappa shape index (κ1) is 40.8. The number of carbonyl (C=O) groups excluding carboxylic acids is 4. The van der Waals surface area contributed by atoms with Crippen LogP contribution in [0.25, 0.3) is 0 Å². The minimum absolute atomic E-state index is 0.0293. The van der Waals surface area contributed by atoms with Gasteiger partial charge in [-0.05, 0) is 101 Å². The van der Waals surface area contributed by atoms with Gasteiger partial charge < -0.3 is 24.2 Å². The molecule has 10 rings (SSSR count). The van der Waals surface area contributed by atoms with Gasteiger partial charge in [0.2, 0.25) is 11.8 Å². The SMILES string of the molecule is C[C@H]1CN(c2cc(C3=NCc4ccc(OC5(C)CC5)cc43)ncn2)CCN1CCOC1CCN(CC2CCN(c3ccc4c(c3)C(=O)N(C3CCC(=O)NC3=O)C4=O)CC2)CC1. The average Bonchev–Trinajstić information content (AvgIpc) is 3.76. The van der Waals surface area contributed by atoms with Crippen LogP contribution >= 0.6 is 0 Å². The third kappa shape index (κ3) is 8.34. The van der Waals surface area contributed by atoms with E-state index in [0.29, 0.717) is 35.7 Å². The van der Waals surface area contributed by atoms with Gasteiger partial charge in [-0.3, -0.25) is 39.3 Å². The largest absolute Gasteiger partial charge is 0.488 e. The number of anilines is 2. The van der Waals surface area contributed by atoms with Crippen LogP contribution in [0.2, 0.25) is 0 Å². The summed E-state index contributed by atoms with van der Waals surface area (Å²) >= 11 is 0. The standard InChI is InChI=1S/C47H57N9O6/c1-30-27-55(41-25-39(49-29-50-41)43-37-24-35(62-47(2)13-14-47)5-3-32(37)26-48-43)20-19-53(30)21-22-61-34-11-15-52(16-12-34)28-31-9-17-54(18-10-31)33-4-6-36-38(23-33)46(60)56(45(36)59)40-7-8-42(57)51-44(40)58/h3-6,23-25,29-31,34,40H,7-22,26-28H2,1-2H3,(H,51,57,58)/t30-,40?/m0/s1. The number of ether oxygens (including phenoxy) is 2. The summed E-state index contributed by atoms with van der Waals surface area (Å²) in [6, 6.07) is 13.3. The minimum atomic E-state index is -0.956. The molecule has 1 saturated carbocycles. The number of rotatable bonds is 12. The van der Waals surface area contributed by atoms with Crippen molar-refractivity contribution in [2.24, 2.45) is 10.9 Å². The number of piperazine rings is 1. The Morgan fingerprint density at radius 3 is 2.40 bits per heavy atom. The van der Waals surface area contributed by atoms with E-state index in [1.165, 1.54) is 5.56 Å². The number of carbonyl (C=O) groups is 4. The topological polar surface area (TPSA) is 153 Å². The number of fused-ring (bicyclic) bond motifs is 2. The average molecular weight is 844 g/mol. The van der Waals surface area contributed by atoms with E-state index >= 15 is 0 Å². The molecule has 3 aromatic rings. The van der Waals surface area contributed by atoms with E-state index in [1.54, 1.807) is 18.5 Å². The number of hydrogen-bond acceptors (Lipinski definition) is 13. The van der Waals surface area contributed by atoms with Crippen molar-refractivity contribution >= 4 is 40.8 Å². The van der Waals surface area contributed by atoms with Crippen molar-refractivity contribution in [2.75, 3.05) is 75.3 Å². The molecule has 7 heterocycles. The van der Waals surface area contributed by atoms with Crippen LogP contribution in [0.3, 0.4) is 0 Å². The summed E-state index contributed by atoms with van der Waals surface area (Å²) in [6.07, 6.45) is 8.66. The molecule has 15 heteroatoms. The highest BCUT2D eigenvalue weighted by Gasteiger charge is 2.45. The number of imide groups is 2. The summed E-state index contributed by atoms with van der Waals surface area (Å²) in [5.41, 5.74) is 5.64. The number of amides is 4. The first-order valence-corrected chi connectivity index (χ1v) is 22.7. The molecule has 4 amide bonds. The number of piperidine rings is 3. The predicted octanol–water partition coefficient (Wildman–Crippen LogP) is 4.07. The normalized spacial score (nSPS) is 24.6. The molecule has 1 unspecified atom stereocenters. The van der Waals surface area contributed by atoms with Gasteiger partial charge in [0, 0.05) is 88.7 Å². The Bertz CT molecular complexity index is 2280. The first-order chi connectivity index (χ1) is 30.1. The van der Waals surface area contributed by atoms with Crippen molar-refractivity contribution in [3.05, 3.63) is 76.7 Å². The van der Waals surface area contributed by atoms with Crippen molar-refractivity contribution in [3.8, 4) is 5.75 Å². The number of aromatic nitrogens is 2. The van der Waals surface area contributed by atoms with Crippen molar-refractivity contribution in [1.29, 1.82) is 0 Å². The van der Waals surface area contributed by atoms with Gasteiger partial charge in [-0.25, -0.2) is 9.97 Å². The minimum Gasteiger partial charge on any atom is -0.488 e. The molecule has 326 valence electrons. The lowest BCUT2D eigenvalue weighted by atomic mass is 9.94. The third-order valence-corrected chi connectivity index (χ3v) is 14.2. The van der Waals surface area contributed by atoms with Crippen LogP contribution in [0, 0.1) is 5.92 Å². The maximum atomic E-state index is 13.4. The Kier molecular flexibility index (Phi) is 11.1. The lowest BCUT2D eigenvalue weighted by Gasteiger charge is -2.41. The van der Waals surface area contributed by atoms with E-state index in [-0.39, 0.29) is 24.3 Å². The summed E-state index contributed by atoms with van der Waals surface area (Å²) in [5.74, 6) is 0.552. The molecule has 0 radical (unpaired) electrons. The molecule has 7 aliphatic rings. The number of nitrogens with zero attached hydrogens (tertiary/aromatic N) is 8. The molecule has 1 aliphatic carbocycles. The van der Waals surface area contributed by atoms with E-state index < -0.39 is 23.8 Å². The summed E-state index contributed by atoms with van der Waals surface area (Å²) in [6.45, 7) is 14.5. The van der Waals surface area contributed by atoms with Crippen molar-refractivity contribution in [1.82, 2.24) is 30.0 Å². The van der Waals surface area contributed by atoms with E-state index in [4.69, 9.17) is 14.5 Å². The number of hydrogen-bond donors (Lipinski definition) is 1. The van der Waals surface area contributed by atoms with Gasteiger partial charge in [-0.2, -0.15) is 0 Å². The maximum absolute atomic E-state index is 13.4. The Hall–Kier alpha value is -5.25. The monoisotopic (exact) mass is 843 g/mol. The highest BCUT2D eigenvalue weighted by molar-refractivity contribution is 6.23. The summed E-state index contributed by atoms with van der Waals surface area (Å²) in [4.78, 5) is 75.6. The second-order valence-electron chi connectivity index (χ2n) is 18.6. The molecule has 2 aromatic carbocycles. The molecule has 2 atom stereocenters. The van der Waals surface area contributed by atoms with Gasteiger partial charge in [0.15, 0.2) is 0 Å². The van der Waals surface area contributed by atoms with Crippen molar-refractivity contribution < 1.29 is 28.7 Å². The van der Waals surface area contributed by atoms with E-state index in [2.05, 4.69) is 73.0 Å². The Morgan fingerprint density at radius 1 is 0.823 bits per heavy atom. The second kappa shape index (κ2) is 16.8. The molecule has 62 heavy (non-hydrogen) atoms. The lowest BCUT2D eigenvalue weighted by Crippen LogP contribution is -2.54. The van der Waals surface area contributed by atoms with Gasteiger partial charge in [0.25, 0.3) is 11.8 Å². The quantitative estimate of drug-likeness (QED) is 0.262. The summed E-state index contributed by atoms with van der Waals surface area (Å²) in [5, 5.41) is 2.26. The molecule has 1 N–H and O–H groups in total. The van der Waals surface area contributed by atoms with Gasteiger partial charge in [0.1, 0.15) is 29.5 Å². The zero-order chi connectivity index (χ0) is 42.5. The molecule has 6 aliphatic heterocycles. The van der Waals surface area contributed by atoms with Crippen LogP contribution in [-0.4, -0.2) is 143 Å². The van der Waals surface area contributed by atoms with E-state index in [1.807, 2.05) is 6.07 Å². The summed E-state index contributed by atoms with van der Waals surface area (Å²) < 4.78 is 12.7. The fourth-order valence-corrected chi connectivity index (χ4v) is 10.2. The fraction of sp³-hybridized carbons (Fsp3) is 0.553. The molecule has 15 nitrogen and oxygen atoms in total. The maximum Gasteiger partial charge on any atom is 0.262 e. The van der Waals surface area contributed by atoms with Crippen LogP contribution < -0.4 is 19.9 Å². The molecular weight excluding hydrogens is 787 g/mol. The zero-order valence-corrected chi connectivity index (χ0v) is 35.9. The van der Waals surface area contributed by atoms with Gasteiger partial charge >= 0.3 is 0 Å². The lowest BCUT2D eigenvalue weighted by molar-refractivity contribution is -0.136. The molecule has 4 saturated heterocycles. The number of aliphatic imine (C=N–C) groups is 1. The molecular formula is C47H57N9O6. The van der Waals surface area contributed by atoms with E-state index in [9.17, 15) is 19.2 Å².